The second-order valence-electron chi connectivity index (χ2n) is 4.61. The van der Waals surface area contributed by atoms with Gasteiger partial charge in [0.15, 0.2) is 0 Å². The van der Waals surface area contributed by atoms with Crippen molar-refractivity contribution in [2.45, 2.75) is 32.8 Å². The molecule has 0 radical (unpaired) electrons. The largest absolute Gasteiger partial charge is 0.467 e. The molecule has 1 unspecified atom stereocenters. The molecule has 0 aliphatic carbocycles. The smallest absolute Gasteiger partial charge is 0.222 e. The summed E-state index contributed by atoms with van der Waals surface area (Å²) in [4.78, 5) is 11.7. The van der Waals surface area contributed by atoms with Crippen LogP contribution in [0.4, 0.5) is 0 Å². The first-order valence-electron chi connectivity index (χ1n) is 6.82. The van der Waals surface area contributed by atoms with Crippen molar-refractivity contribution in [3.05, 3.63) is 24.2 Å². The van der Waals surface area contributed by atoms with Crippen molar-refractivity contribution in [3.8, 4) is 0 Å². The second kappa shape index (κ2) is 9.58. The molecule has 0 saturated heterocycles. The van der Waals surface area contributed by atoms with Gasteiger partial charge in [0, 0.05) is 19.1 Å². The fourth-order valence-corrected chi connectivity index (χ4v) is 1.68. The lowest BCUT2D eigenvalue weighted by Gasteiger charge is -2.11. The molecular weight excluding hydrogens is 244 g/mol. The highest BCUT2D eigenvalue weighted by Crippen LogP contribution is 2.04. The average Bonchev–Trinajstić information content (AvgIpc) is 2.92. The van der Waals surface area contributed by atoms with Crippen molar-refractivity contribution in [2.75, 3.05) is 19.7 Å². The molecule has 0 bridgehead atoms. The van der Waals surface area contributed by atoms with Gasteiger partial charge in [-0.3, -0.25) is 4.79 Å². The summed E-state index contributed by atoms with van der Waals surface area (Å²) in [5, 5.41) is 2.90. The molecule has 0 spiro atoms. The first-order chi connectivity index (χ1) is 9.24. The van der Waals surface area contributed by atoms with E-state index in [1.807, 2.05) is 19.1 Å². The van der Waals surface area contributed by atoms with Crippen molar-refractivity contribution in [3.63, 3.8) is 0 Å². The molecule has 108 valence electrons. The number of nitrogens with one attached hydrogen (secondary N) is 1. The number of carbonyl (C=O) groups is 1. The van der Waals surface area contributed by atoms with Crippen LogP contribution in [-0.4, -0.2) is 25.6 Å². The van der Waals surface area contributed by atoms with Gasteiger partial charge in [-0.1, -0.05) is 6.92 Å². The third-order valence-electron chi connectivity index (χ3n) is 2.88. The third kappa shape index (κ3) is 6.98. The monoisotopic (exact) mass is 268 g/mol. The van der Waals surface area contributed by atoms with Crippen molar-refractivity contribution in [1.29, 1.82) is 0 Å². The molecular formula is C14H24N2O3. The van der Waals surface area contributed by atoms with Gasteiger partial charge in [0.1, 0.15) is 12.4 Å². The summed E-state index contributed by atoms with van der Waals surface area (Å²) in [5.74, 6) is 0.950. The number of nitrogens with two attached hydrogens (primary N) is 1. The summed E-state index contributed by atoms with van der Waals surface area (Å²) < 4.78 is 10.6. The quantitative estimate of drug-likeness (QED) is 0.633. The molecule has 1 rings (SSSR count). The van der Waals surface area contributed by atoms with E-state index >= 15 is 0 Å². The maximum atomic E-state index is 11.7. The normalized spacial score (nSPS) is 12.3. The zero-order valence-corrected chi connectivity index (χ0v) is 11.6. The van der Waals surface area contributed by atoms with Crippen LogP contribution in [0.25, 0.3) is 0 Å². The van der Waals surface area contributed by atoms with Crippen LogP contribution in [0.5, 0.6) is 0 Å². The van der Waals surface area contributed by atoms with Crippen molar-refractivity contribution < 1.29 is 13.9 Å². The maximum Gasteiger partial charge on any atom is 0.222 e. The van der Waals surface area contributed by atoms with Gasteiger partial charge in [0.05, 0.1) is 6.26 Å². The minimum absolute atomic E-state index is 0.0348. The summed E-state index contributed by atoms with van der Waals surface area (Å²) in [6, 6.07) is 3.71. The van der Waals surface area contributed by atoms with Crippen molar-refractivity contribution in [2.24, 2.45) is 11.7 Å². The highest BCUT2D eigenvalue weighted by molar-refractivity contribution is 5.78. The Morgan fingerprint density at radius 3 is 3.05 bits per heavy atom. The number of rotatable bonds is 10. The molecule has 1 amide bonds. The van der Waals surface area contributed by atoms with Crippen LogP contribution < -0.4 is 11.1 Å². The zero-order valence-electron chi connectivity index (χ0n) is 11.6. The third-order valence-corrected chi connectivity index (χ3v) is 2.88. The summed E-state index contributed by atoms with van der Waals surface area (Å²) in [5.41, 5.74) is 5.42. The molecule has 3 N–H and O–H groups in total. The van der Waals surface area contributed by atoms with Crippen LogP contribution in [0.3, 0.4) is 0 Å². The molecule has 1 heterocycles. The molecule has 0 aliphatic heterocycles. The molecule has 5 nitrogen and oxygen atoms in total. The highest BCUT2D eigenvalue weighted by atomic mass is 16.5. The number of hydrogen-bond donors (Lipinski definition) is 2. The van der Waals surface area contributed by atoms with Gasteiger partial charge in [-0.05, 0) is 37.9 Å². The Morgan fingerprint density at radius 1 is 1.53 bits per heavy atom. The summed E-state index contributed by atoms with van der Waals surface area (Å²) in [6.45, 7) is 4.30. The Balaban J connectivity index is 1.96. The lowest BCUT2D eigenvalue weighted by atomic mass is 10.1. The number of amides is 1. The highest BCUT2D eigenvalue weighted by Gasteiger charge is 2.10. The van der Waals surface area contributed by atoms with Gasteiger partial charge in [0.25, 0.3) is 0 Å². The Labute approximate surface area is 114 Å². The van der Waals surface area contributed by atoms with Crippen LogP contribution in [0.15, 0.2) is 22.8 Å². The molecule has 0 aromatic carbocycles. The summed E-state index contributed by atoms with van der Waals surface area (Å²) in [6.07, 6.45) is 4.16. The van der Waals surface area contributed by atoms with Gasteiger partial charge in [-0.25, -0.2) is 0 Å². The van der Waals surface area contributed by atoms with E-state index < -0.39 is 0 Å². The SMILES string of the molecule is CC(CCCN)C(=O)NCCCOCc1ccco1. The van der Waals surface area contributed by atoms with E-state index in [0.717, 1.165) is 25.0 Å². The van der Waals surface area contributed by atoms with Gasteiger partial charge >= 0.3 is 0 Å². The van der Waals surface area contributed by atoms with Gasteiger partial charge in [-0.15, -0.1) is 0 Å². The average molecular weight is 268 g/mol. The first-order valence-corrected chi connectivity index (χ1v) is 6.82. The van der Waals surface area contributed by atoms with Crippen LogP contribution in [0.2, 0.25) is 0 Å². The Hall–Kier alpha value is -1.33. The minimum atomic E-state index is 0.0348. The summed E-state index contributed by atoms with van der Waals surface area (Å²) in [7, 11) is 0. The molecule has 1 aromatic heterocycles. The van der Waals surface area contributed by atoms with E-state index in [1.54, 1.807) is 6.26 Å². The van der Waals surface area contributed by atoms with Crippen LogP contribution in [0, 0.1) is 5.92 Å². The molecule has 0 saturated carbocycles. The molecule has 1 atom stereocenters. The lowest BCUT2D eigenvalue weighted by molar-refractivity contribution is -0.124. The number of ether oxygens (including phenoxy) is 1. The number of furan rings is 1. The standard InChI is InChI=1S/C14H24N2O3/c1-12(5-2-7-15)14(17)16-8-4-9-18-11-13-6-3-10-19-13/h3,6,10,12H,2,4-5,7-9,11,15H2,1H3,(H,16,17). The van der Waals surface area contributed by atoms with Crippen molar-refractivity contribution in [1.82, 2.24) is 5.32 Å². The predicted octanol–water partition coefficient (Wildman–Crippen LogP) is 1.68. The first kappa shape index (κ1) is 15.7. The topological polar surface area (TPSA) is 77.5 Å². The fraction of sp³-hybridized carbons (Fsp3) is 0.643. The molecule has 0 aliphatic rings. The van der Waals surface area contributed by atoms with Crippen LogP contribution in [0.1, 0.15) is 31.9 Å². The Kier molecular flexibility index (Phi) is 7.93. The minimum Gasteiger partial charge on any atom is -0.467 e. The number of carbonyl (C=O) groups excluding carboxylic acids is 1. The van der Waals surface area contributed by atoms with Crippen LogP contribution >= 0.6 is 0 Å². The molecule has 5 heteroatoms. The Morgan fingerprint density at radius 2 is 2.37 bits per heavy atom. The van der Waals surface area contributed by atoms with Crippen LogP contribution in [-0.2, 0) is 16.1 Å². The van der Waals surface area contributed by atoms with Gasteiger partial charge in [0.2, 0.25) is 5.91 Å². The fourth-order valence-electron chi connectivity index (χ4n) is 1.68. The van der Waals surface area contributed by atoms with Gasteiger partial charge < -0.3 is 20.2 Å². The zero-order chi connectivity index (χ0) is 13.9. The second-order valence-corrected chi connectivity index (χ2v) is 4.61. The summed E-state index contributed by atoms with van der Waals surface area (Å²) >= 11 is 0. The van der Waals surface area contributed by atoms with E-state index in [9.17, 15) is 4.79 Å². The Bertz CT molecular complexity index is 338. The lowest BCUT2D eigenvalue weighted by Crippen LogP contribution is -2.30. The predicted molar refractivity (Wildman–Crippen MR) is 73.4 cm³/mol. The number of hydrogen-bond acceptors (Lipinski definition) is 4. The van der Waals surface area contributed by atoms with Crippen molar-refractivity contribution >= 4 is 5.91 Å². The van der Waals surface area contributed by atoms with Gasteiger partial charge in [-0.2, -0.15) is 0 Å². The molecule has 0 fully saturated rings. The van der Waals surface area contributed by atoms with E-state index in [-0.39, 0.29) is 11.8 Å². The van der Waals surface area contributed by atoms with E-state index in [1.165, 1.54) is 0 Å². The van der Waals surface area contributed by atoms with E-state index in [4.69, 9.17) is 14.9 Å². The maximum absolute atomic E-state index is 11.7. The molecule has 1 aromatic rings. The molecule has 19 heavy (non-hydrogen) atoms. The van der Waals surface area contributed by atoms with E-state index in [0.29, 0.717) is 26.3 Å². The van der Waals surface area contributed by atoms with E-state index in [2.05, 4.69) is 5.32 Å².